The lowest BCUT2D eigenvalue weighted by molar-refractivity contribution is -0.105. The highest BCUT2D eigenvalue weighted by molar-refractivity contribution is 5.73. The summed E-state index contributed by atoms with van der Waals surface area (Å²) in [4.78, 5) is 11.9. The van der Waals surface area contributed by atoms with Crippen molar-refractivity contribution in [1.29, 1.82) is 0 Å². The summed E-state index contributed by atoms with van der Waals surface area (Å²) in [6.45, 7) is 1.11. The van der Waals surface area contributed by atoms with Crippen LogP contribution in [0.25, 0.3) is 0 Å². The van der Waals surface area contributed by atoms with Gasteiger partial charge >= 0.3 is 0 Å². The average molecular weight is 157 g/mol. The number of hydrogen-bond acceptors (Lipinski definition) is 3. The summed E-state index contributed by atoms with van der Waals surface area (Å²) in [7, 11) is 6.00. The zero-order valence-corrected chi connectivity index (χ0v) is 7.33. The van der Waals surface area contributed by atoms with Gasteiger partial charge in [0.1, 0.15) is 6.29 Å². The van der Waals surface area contributed by atoms with Crippen molar-refractivity contribution in [3.8, 4) is 0 Å². The van der Waals surface area contributed by atoms with Gasteiger partial charge in [0.05, 0.1) is 13.2 Å². The minimum atomic E-state index is 0.503. The van der Waals surface area contributed by atoms with E-state index >= 15 is 0 Å². The first-order valence-corrected chi connectivity index (χ1v) is 3.49. The summed E-state index contributed by atoms with van der Waals surface area (Å²) in [6.07, 6.45) is 2.61. The Morgan fingerprint density at radius 1 is 1.55 bits per heavy atom. The van der Waals surface area contributed by atoms with E-state index in [1.165, 1.54) is 0 Å². The smallest absolute Gasteiger partial charge is 0.148 e. The van der Waals surface area contributed by atoms with Crippen molar-refractivity contribution < 1.29 is 9.53 Å². The molecule has 0 saturated carbocycles. The van der Waals surface area contributed by atoms with Crippen LogP contribution in [0, 0.1) is 0 Å². The Bertz CT molecular complexity index is 138. The highest BCUT2D eigenvalue weighted by Crippen LogP contribution is 1.98. The molecule has 64 valence electrons. The number of rotatable bonds is 1. The van der Waals surface area contributed by atoms with Gasteiger partial charge in [-0.25, -0.2) is 0 Å². The largest absolute Gasteiger partial charge is 0.373 e. The van der Waals surface area contributed by atoms with Gasteiger partial charge in [0.25, 0.3) is 0 Å². The molecule has 0 atom stereocenters. The lowest BCUT2D eigenvalue weighted by atomic mass is 10.3. The topological polar surface area (TPSA) is 29.5 Å². The molecule has 0 aromatic rings. The highest BCUT2D eigenvalue weighted by Gasteiger charge is 1.99. The third kappa shape index (κ3) is 7.22. The summed E-state index contributed by atoms with van der Waals surface area (Å²) in [5, 5.41) is 0. The van der Waals surface area contributed by atoms with Crippen LogP contribution in [0.2, 0.25) is 0 Å². The standard InChI is InChI=1S/C5H6O2.C3H9N/c6-3-5-1-2-7-4-5;1-4(2)3/h1,3H,2,4H2;1-3H3. The van der Waals surface area contributed by atoms with Crippen LogP contribution >= 0.6 is 0 Å². The number of nitrogens with zero attached hydrogens (tertiary/aromatic N) is 1. The molecule has 1 rings (SSSR count). The lowest BCUT2D eigenvalue weighted by Gasteiger charge is -1.90. The normalized spacial score (nSPS) is 15.5. The minimum Gasteiger partial charge on any atom is -0.373 e. The van der Waals surface area contributed by atoms with E-state index in [0.717, 1.165) is 11.9 Å². The first kappa shape index (κ1) is 10.3. The van der Waals surface area contributed by atoms with E-state index in [0.29, 0.717) is 13.2 Å². The molecule has 1 aliphatic rings. The lowest BCUT2D eigenvalue weighted by Crippen LogP contribution is -1.99. The third-order valence-electron chi connectivity index (χ3n) is 0.883. The molecule has 0 radical (unpaired) electrons. The summed E-state index contributed by atoms with van der Waals surface area (Å²) >= 11 is 0. The number of hydrogen-bond donors (Lipinski definition) is 0. The molecule has 3 nitrogen and oxygen atoms in total. The van der Waals surface area contributed by atoms with Crippen molar-refractivity contribution >= 4 is 6.29 Å². The molecule has 0 aromatic heterocycles. The van der Waals surface area contributed by atoms with Crippen LogP contribution in [0.3, 0.4) is 0 Å². The molecule has 11 heavy (non-hydrogen) atoms. The van der Waals surface area contributed by atoms with Gasteiger partial charge in [-0.05, 0) is 21.1 Å². The molecule has 0 unspecified atom stereocenters. The second-order valence-electron chi connectivity index (χ2n) is 2.75. The van der Waals surface area contributed by atoms with Gasteiger partial charge in [-0.3, -0.25) is 4.79 Å². The Morgan fingerprint density at radius 2 is 2.09 bits per heavy atom. The van der Waals surface area contributed by atoms with Gasteiger partial charge in [0, 0.05) is 5.57 Å². The van der Waals surface area contributed by atoms with Gasteiger partial charge in [-0.15, -0.1) is 0 Å². The second-order valence-corrected chi connectivity index (χ2v) is 2.75. The fourth-order valence-electron chi connectivity index (χ4n) is 0.484. The van der Waals surface area contributed by atoms with E-state index in [4.69, 9.17) is 4.74 Å². The van der Waals surface area contributed by atoms with Crippen molar-refractivity contribution in [2.45, 2.75) is 0 Å². The van der Waals surface area contributed by atoms with Gasteiger partial charge in [-0.1, -0.05) is 6.08 Å². The monoisotopic (exact) mass is 157 g/mol. The Labute approximate surface area is 67.6 Å². The molecule has 0 fully saturated rings. The van der Waals surface area contributed by atoms with E-state index in [9.17, 15) is 4.79 Å². The fourth-order valence-corrected chi connectivity index (χ4v) is 0.484. The van der Waals surface area contributed by atoms with Gasteiger partial charge < -0.3 is 9.64 Å². The quantitative estimate of drug-likeness (QED) is 0.513. The molecule has 0 aliphatic carbocycles. The van der Waals surface area contributed by atoms with E-state index in [2.05, 4.69) is 0 Å². The molecular formula is C8H15NO2. The van der Waals surface area contributed by atoms with E-state index < -0.39 is 0 Å². The molecular weight excluding hydrogens is 142 g/mol. The number of ether oxygens (including phenoxy) is 1. The second kappa shape index (κ2) is 6.07. The van der Waals surface area contributed by atoms with Crippen LogP contribution in [-0.4, -0.2) is 45.5 Å². The van der Waals surface area contributed by atoms with Gasteiger partial charge in [0.15, 0.2) is 0 Å². The predicted molar refractivity (Wildman–Crippen MR) is 44.6 cm³/mol. The van der Waals surface area contributed by atoms with Gasteiger partial charge in [0.2, 0.25) is 0 Å². The molecule has 1 aliphatic heterocycles. The first-order chi connectivity index (χ1) is 5.16. The summed E-state index contributed by atoms with van der Waals surface area (Å²) in [5.41, 5.74) is 0.764. The molecule has 1 heterocycles. The Morgan fingerprint density at radius 3 is 2.27 bits per heavy atom. The number of carbonyl (C=O) groups excluding carboxylic acids is 1. The Kier molecular flexibility index (Phi) is 5.70. The van der Waals surface area contributed by atoms with Gasteiger partial charge in [-0.2, -0.15) is 0 Å². The highest BCUT2D eigenvalue weighted by atomic mass is 16.5. The van der Waals surface area contributed by atoms with E-state index in [-0.39, 0.29) is 0 Å². The van der Waals surface area contributed by atoms with Crippen molar-refractivity contribution in [2.75, 3.05) is 34.4 Å². The minimum absolute atomic E-state index is 0.503. The zero-order valence-electron chi connectivity index (χ0n) is 7.33. The molecule has 0 spiro atoms. The molecule has 0 amide bonds. The Hall–Kier alpha value is -0.670. The van der Waals surface area contributed by atoms with Crippen molar-refractivity contribution in [2.24, 2.45) is 0 Å². The van der Waals surface area contributed by atoms with Crippen LogP contribution in [0.15, 0.2) is 11.6 Å². The maximum absolute atomic E-state index is 9.86. The van der Waals surface area contributed by atoms with Crippen molar-refractivity contribution in [3.05, 3.63) is 11.6 Å². The maximum Gasteiger partial charge on any atom is 0.148 e. The molecule has 0 aromatic carbocycles. The fraction of sp³-hybridized carbons (Fsp3) is 0.625. The van der Waals surface area contributed by atoms with Crippen LogP contribution < -0.4 is 0 Å². The number of carbonyl (C=O) groups is 1. The maximum atomic E-state index is 9.86. The van der Waals surface area contributed by atoms with Crippen LogP contribution in [0.5, 0.6) is 0 Å². The molecule has 0 bridgehead atoms. The summed E-state index contributed by atoms with van der Waals surface area (Å²) < 4.78 is 4.82. The average Bonchev–Trinajstić information content (AvgIpc) is 2.36. The van der Waals surface area contributed by atoms with Crippen LogP contribution in [0.1, 0.15) is 0 Å². The first-order valence-electron chi connectivity index (χ1n) is 3.49. The summed E-state index contributed by atoms with van der Waals surface area (Å²) in [6, 6.07) is 0. The molecule has 0 saturated heterocycles. The third-order valence-corrected chi connectivity index (χ3v) is 0.883. The SMILES string of the molecule is CN(C)C.O=CC1=CCOC1. The summed E-state index contributed by atoms with van der Waals surface area (Å²) in [5.74, 6) is 0. The van der Waals surface area contributed by atoms with E-state index in [1.807, 2.05) is 26.0 Å². The predicted octanol–water partition coefficient (Wildman–Crippen LogP) is 0.320. The van der Waals surface area contributed by atoms with Crippen molar-refractivity contribution in [3.63, 3.8) is 0 Å². The Balaban J connectivity index is 0.000000218. The number of aldehydes is 1. The van der Waals surface area contributed by atoms with E-state index in [1.54, 1.807) is 6.08 Å². The zero-order chi connectivity index (χ0) is 8.69. The van der Waals surface area contributed by atoms with Crippen molar-refractivity contribution in [1.82, 2.24) is 4.90 Å². The molecule has 3 heteroatoms. The molecule has 0 N–H and O–H groups in total. The van der Waals surface area contributed by atoms with Crippen LogP contribution in [-0.2, 0) is 9.53 Å². The van der Waals surface area contributed by atoms with Crippen LogP contribution in [0.4, 0.5) is 0 Å².